The number of rotatable bonds is 10. The number of hydroxylamine groups is 1. The van der Waals surface area contributed by atoms with Crippen molar-refractivity contribution in [1.29, 1.82) is 0 Å². The Kier molecular flexibility index (Phi) is 9.59. The summed E-state index contributed by atoms with van der Waals surface area (Å²) in [6.45, 7) is 2.50. The highest BCUT2D eigenvalue weighted by atomic mass is 35.5. The lowest BCUT2D eigenvalue weighted by molar-refractivity contribution is -0.144. The van der Waals surface area contributed by atoms with Gasteiger partial charge in [0.05, 0.1) is 32.2 Å². The molecule has 2 unspecified atom stereocenters. The van der Waals surface area contributed by atoms with Gasteiger partial charge < -0.3 is 19.3 Å². The average molecular weight is 538 g/mol. The summed E-state index contributed by atoms with van der Waals surface area (Å²) in [6, 6.07) is 24.3. The van der Waals surface area contributed by atoms with Gasteiger partial charge in [0.2, 0.25) is 11.8 Å². The highest BCUT2D eigenvalue weighted by Gasteiger charge is 2.38. The normalized spacial score (nSPS) is 15.0. The van der Waals surface area contributed by atoms with Gasteiger partial charge in [-0.05, 0) is 47.5 Å². The Morgan fingerprint density at radius 2 is 1.61 bits per heavy atom. The molecule has 0 spiro atoms. The monoisotopic (exact) mass is 537 g/mol. The maximum Gasteiger partial charge on any atom is 0.249 e. The quantitative estimate of drug-likeness (QED) is 0.299. The molecule has 38 heavy (non-hydrogen) atoms. The molecular formula is C29H32ClN3O5. The molecule has 3 aromatic carbocycles. The summed E-state index contributed by atoms with van der Waals surface area (Å²) < 4.78 is 11.2. The third kappa shape index (κ3) is 6.83. The number of amides is 2. The van der Waals surface area contributed by atoms with E-state index in [-0.39, 0.29) is 19.1 Å². The Hall–Kier alpha value is -3.59. The van der Waals surface area contributed by atoms with Crippen LogP contribution in [0.3, 0.4) is 0 Å². The van der Waals surface area contributed by atoms with Gasteiger partial charge >= 0.3 is 0 Å². The Morgan fingerprint density at radius 3 is 2.21 bits per heavy atom. The van der Waals surface area contributed by atoms with Crippen LogP contribution in [0.1, 0.15) is 17.0 Å². The van der Waals surface area contributed by atoms with Crippen molar-refractivity contribution in [3.63, 3.8) is 0 Å². The first kappa shape index (κ1) is 27.4. The van der Waals surface area contributed by atoms with Crippen LogP contribution in [0.25, 0.3) is 0 Å². The Labute approximate surface area is 227 Å². The van der Waals surface area contributed by atoms with Crippen LogP contribution >= 0.6 is 11.6 Å². The first-order valence-corrected chi connectivity index (χ1v) is 12.9. The summed E-state index contributed by atoms with van der Waals surface area (Å²) in [6.07, 6.45) is 0. The van der Waals surface area contributed by atoms with Gasteiger partial charge in [-0.15, -0.1) is 0 Å². The van der Waals surface area contributed by atoms with Crippen molar-refractivity contribution in [2.75, 3.05) is 44.8 Å². The standard InChI is InChI=1S/C29H32ClN3O5/c1-37-25-13-7-22(8-14-25)27(26(28(34)31-36)20-38-19-21-5-3-2-4-6-21)29(35)33-17-15-32(16-18-33)24-11-9-23(30)10-12-24/h2-14,26-27,36H,15-20H2,1H3,(H,31,34). The molecule has 0 radical (unpaired) electrons. The summed E-state index contributed by atoms with van der Waals surface area (Å²) in [7, 11) is 1.57. The molecule has 0 saturated carbocycles. The minimum Gasteiger partial charge on any atom is -0.497 e. The van der Waals surface area contributed by atoms with E-state index in [1.54, 1.807) is 41.8 Å². The second-order valence-corrected chi connectivity index (χ2v) is 9.56. The van der Waals surface area contributed by atoms with Gasteiger partial charge in [-0.25, -0.2) is 5.48 Å². The highest BCUT2D eigenvalue weighted by Crippen LogP contribution is 2.31. The lowest BCUT2D eigenvalue weighted by Crippen LogP contribution is -2.52. The SMILES string of the molecule is COc1ccc(C(C(=O)N2CCN(c3ccc(Cl)cc3)CC2)C(COCc2ccccc2)C(=O)NO)cc1. The molecule has 3 aromatic rings. The van der Waals surface area contributed by atoms with E-state index in [1.807, 2.05) is 54.6 Å². The van der Waals surface area contributed by atoms with Gasteiger partial charge in [-0.2, -0.15) is 0 Å². The van der Waals surface area contributed by atoms with Crippen LogP contribution in [0.2, 0.25) is 5.02 Å². The second-order valence-electron chi connectivity index (χ2n) is 9.12. The van der Waals surface area contributed by atoms with E-state index in [0.29, 0.717) is 42.5 Å². The number of carbonyl (C=O) groups is 2. The summed E-state index contributed by atoms with van der Waals surface area (Å²) >= 11 is 6.03. The number of nitrogens with zero attached hydrogens (tertiary/aromatic N) is 2. The summed E-state index contributed by atoms with van der Waals surface area (Å²) in [5.74, 6) is -2.03. The van der Waals surface area contributed by atoms with Crippen molar-refractivity contribution < 1.29 is 24.3 Å². The molecular weight excluding hydrogens is 506 g/mol. The molecule has 0 aliphatic carbocycles. The first-order valence-electron chi connectivity index (χ1n) is 12.5. The van der Waals surface area contributed by atoms with E-state index in [9.17, 15) is 14.8 Å². The molecule has 1 saturated heterocycles. The number of halogens is 1. The largest absolute Gasteiger partial charge is 0.497 e. The molecule has 9 heteroatoms. The van der Waals surface area contributed by atoms with Crippen molar-refractivity contribution in [2.24, 2.45) is 5.92 Å². The summed E-state index contributed by atoms with van der Waals surface area (Å²) in [4.78, 5) is 30.8. The van der Waals surface area contributed by atoms with Crippen LogP contribution in [-0.4, -0.2) is 61.8 Å². The summed E-state index contributed by atoms with van der Waals surface area (Å²) in [5.41, 5.74) is 4.38. The van der Waals surface area contributed by atoms with E-state index in [1.165, 1.54) is 0 Å². The van der Waals surface area contributed by atoms with Gasteiger partial charge in [-0.3, -0.25) is 14.8 Å². The smallest absolute Gasteiger partial charge is 0.249 e. The minimum atomic E-state index is -0.945. The van der Waals surface area contributed by atoms with Crippen molar-refractivity contribution in [3.8, 4) is 5.75 Å². The Balaban J connectivity index is 1.53. The molecule has 2 atom stereocenters. The number of benzene rings is 3. The number of anilines is 1. The van der Waals surface area contributed by atoms with Crippen molar-refractivity contribution in [1.82, 2.24) is 10.4 Å². The number of nitrogens with one attached hydrogen (secondary N) is 1. The van der Waals surface area contributed by atoms with E-state index in [2.05, 4.69) is 4.90 Å². The van der Waals surface area contributed by atoms with Crippen molar-refractivity contribution in [2.45, 2.75) is 12.5 Å². The van der Waals surface area contributed by atoms with Gasteiger partial charge in [0.25, 0.3) is 0 Å². The number of hydrogen-bond acceptors (Lipinski definition) is 6. The molecule has 0 bridgehead atoms. The van der Waals surface area contributed by atoms with E-state index in [0.717, 1.165) is 11.3 Å². The van der Waals surface area contributed by atoms with Gasteiger partial charge in [0, 0.05) is 36.9 Å². The van der Waals surface area contributed by atoms with Crippen molar-refractivity contribution in [3.05, 3.63) is 95.0 Å². The lowest BCUT2D eigenvalue weighted by Gasteiger charge is -2.38. The molecule has 8 nitrogen and oxygen atoms in total. The van der Waals surface area contributed by atoms with Crippen LogP contribution in [-0.2, 0) is 20.9 Å². The number of methoxy groups -OCH3 is 1. The predicted molar refractivity (Wildman–Crippen MR) is 145 cm³/mol. The fourth-order valence-corrected chi connectivity index (χ4v) is 4.80. The molecule has 1 aliphatic heterocycles. The van der Waals surface area contributed by atoms with Gasteiger partial charge in [0.15, 0.2) is 0 Å². The average Bonchev–Trinajstić information content (AvgIpc) is 2.97. The highest BCUT2D eigenvalue weighted by molar-refractivity contribution is 6.30. The molecule has 2 amide bonds. The first-order chi connectivity index (χ1) is 18.5. The van der Waals surface area contributed by atoms with Crippen LogP contribution in [0, 0.1) is 5.92 Å². The van der Waals surface area contributed by atoms with Crippen LogP contribution in [0.4, 0.5) is 5.69 Å². The molecule has 1 aliphatic rings. The van der Waals surface area contributed by atoms with Gasteiger partial charge in [0.1, 0.15) is 5.75 Å². The zero-order valence-corrected chi connectivity index (χ0v) is 22.0. The minimum absolute atomic E-state index is 0.0472. The zero-order chi connectivity index (χ0) is 26.9. The Bertz CT molecular complexity index is 1180. The van der Waals surface area contributed by atoms with E-state index < -0.39 is 17.7 Å². The maximum absolute atomic E-state index is 14.0. The number of ether oxygens (including phenoxy) is 2. The molecule has 4 rings (SSSR count). The molecule has 2 N–H and O–H groups in total. The number of hydrogen-bond donors (Lipinski definition) is 2. The van der Waals surface area contributed by atoms with Crippen LogP contribution in [0.15, 0.2) is 78.9 Å². The maximum atomic E-state index is 14.0. The van der Waals surface area contributed by atoms with E-state index in [4.69, 9.17) is 21.1 Å². The molecule has 0 aromatic heterocycles. The molecule has 200 valence electrons. The molecule has 1 heterocycles. The topological polar surface area (TPSA) is 91.3 Å². The number of carbonyl (C=O) groups excluding carboxylic acids is 2. The predicted octanol–water partition coefficient (Wildman–Crippen LogP) is 4.12. The van der Waals surface area contributed by atoms with Crippen LogP contribution < -0.4 is 15.1 Å². The number of piperazine rings is 1. The fourth-order valence-electron chi connectivity index (χ4n) is 4.68. The third-order valence-corrected chi connectivity index (χ3v) is 7.03. The fraction of sp³-hybridized carbons (Fsp3) is 0.310. The lowest BCUT2D eigenvalue weighted by atomic mass is 9.84. The Morgan fingerprint density at radius 1 is 0.947 bits per heavy atom. The summed E-state index contributed by atoms with van der Waals surface area (Å²) in [5, 5.41) is 10.2. The van der Waals surface area contributed by atoms with Crippen molar-refractivity contribution >= 4 is 29.1 Å². The van der Waals surface area contributed by atoms with Gasteiger partial charge in [-0.1, -0.05) is 54.1 Å². The van der Waals surface area contributed by atoms with Crippen LogP contribution in [0.5, 0.6) is 5.75 Å². The third-order valence-electron chi connectivity index (χ3n) is 6.78. The zero-order valence-electron chi connectivity index (χ0n) is 21.3. The van der Waals surface area contributed by atoms with E-state index >= 15 is 0 Å². The molecule has 1 fully saturated rings. The second kappa shape index (κ2) is 13.3.